The molecule has 1 unspecified atom stereocenters. The van der Waals surface area contributed by atoms with Gasteiger partial charge in [-0.3, -0.25) is 4.79 Å². The molecular formula is C35H37F4N5O3. The number of nitrogens with zero attached hydrogens (tertiary/aromatic N) is 4. The van der Waals surface area contributed by atoms with E-state index >= 15 is 4.39 Å². The highest BCUT2D eigenvalue weighted by Crippen LogP contribution is 2.40. The SMILES string of the molecule is CN(C)C(=O)/C=C/CNCCOc1ccc(/C(=C(/CC(F)(F)F)c2ccccc2)c2ccc3c(c2)c(F)nn3C2CCCCO2)cn1. The van der Waals surface area contributed by atoms with Gasteiger partial charge in [0.25, 0.3) is 0 Å². The second-order valence-corrected chi connectivity index (χ2v) is 11.4. The largest absolute Gasteiger partial charge is 0.476 e. The Morgan fingerprint density at radius 2 is 1.87 bits per heavy atom. The molecule has 0 radical (unpaired) electrons. The van der Waals surface area contributed by atoms with Crippen molar-refractivity contribution in [3.63, 3.8) is 0 Å². The number of amides is 1. The summed E-state index contributed by atoms with van der Waals surface area (Å²) in [6.45, 7) is 1.78. The molecular weight excluding hydrogens is 614 g/mol. The molecule has 1 aliphatic rings. The molecule has 8 nitrogen and oxygen atoms in total. The fourth-order valence-corrected chi connectivity index (χ4v) is 5.42. The quantitative estimate of drug-likeness (QED) is 0.0787. The van der Waals surface area contributed by atoms with Crippen molar-refractivity contribution >= 4 is 28.0 Å². The van der Waals surface area contributed by atoms with Crippen LogP contribution in [-0.2, 0) is 9.53 Å². The van der Waals surface area contributed by atoms with E-state index in [-0.39, 0.29) is 29.0 Å². The number of hydrogen-bond donors (Lipinski definition) is 1. The van der Waals surface area contributed by atoms with Gasteiger partial charge in [0, 0.05) is 57.7 Å². The number of nitrogens with one attached hydrogen (secondary N) is 1. The van der Waals surface area contributed by atoms with Crippen molar-refractivity contribution in [2.45, 2.75) is 38.1 Å². The molecule has 3 heterocycles. The van der Waals surface area contributed by atoms with Gasteiger partial charge in [-0.15, -0.1) is 5.10 Å². The van der Waals surface area contributed by atoms with Crippen LogP contribution in [0.15, 0.2) is 79.0 Å². The molecule has 1 saturated heterocycles. The normalized spacial score (nSPS) is 16.0. The van der Waals surface area contributed by atoms with Gasteiger partial charge in [-0.05, 0) is 59.7 Å². The van der Waals surface area contributed by atoms with Crippen molar-refractivity contribution in [1.29, 1.82) is 0 Å². The minimum absolute atomic E-state index is 0.0290. The average molecular weight is 652 g/mol. The van der Waals surface area contributed by atoms with Crippen molar-refractivity contribution in [3.8, 4) is 5.88 Å². The molecule has 1 atom stereocenters. The molecule has 1 aliphatic heterocycles. The molecule has 47 heavy (non-hydrogen) atoms. The first-order chi connectivity index (χ1) is 22.6. The Balaban J connectivity index is 1.46. The van der Waals surface area contributed by atoms with Gasteiger partial charge in [0.1, 0.15) is 6.61 Å². The van der Waals surface area contributed by atoms with Crippen LogP contribution in [-0.4, -0.2) is 72.1 Å². The third kappa shape index (κ3) is 8.83. The second-order valence-electron chi connectivity index (χ2n) is 11.4. The number of ether oxygens (including phenoxy) is 2. The summed E-state index contributed by atoms with van der Waals surface area (Å²) in [6.07, 6.45) is 1.06. The number of halogens is 4. The molecule has 248 valence electrons. The van der Waals surface area contributed by atoms with Crippen LogP contribution in [0.2, 0.25) is 0 Å². The lowest BCUT2D eigenvalue weighted by Gasteiger charge is -2.23. The Labute approximate surface area is 270 Å². The van der Waals surface area contributed by atoms with E-state index in [0.717, 1.165) is 12.8 Å². The van der Waals surface area contributed by atoms with E-state index in [4.69, 9.17) is 9.47 Å². The molecule has 0 bridgehead atoms. The van der Waals surface area contributed by atoms with E-state index in [1.54, 1.807) is 80.8 Å². The number of aromatic nitrogens is 3. The van der Waals surface area contributed by atoms with E-state index < -0.39 is 24.8 Å². The molecule has 1 fully saturated rings. The number of allylic oxidation sites excluding steroid dienone is 1. The number of benzene rings is 2. The zero-order valence-electron chi connectivity index (χ0n) is 26.3. The van der Waals surface area contributed by atoms with Crippen LogP contribution in [0.25, 0.3) is 22.0 Å². The number of likely N-dealkylation sites (N-methyl/N-ethyl adjacent to an activating group) is 1. The van der Waals surface area contributed by atoms with Gasteiger partial charge in [-0.1, -0.05) is 42.5 Å². The lowest BCUT2D eigenvalue weighted by atomic mass is 9.88. The molecule has 12 heteroatoms. The Bertz CT molecular complexity index is 1710. The topological polar surface area (TPSA) is 81.5 Å². The van der Waals surface area contributed by atoms with E-state index in [2.05, 4.69) is 15.4 Å². The number of carbonyl (C=O) groups is 1. The zero-order valence-corrected chi connectivity index (χ0v) is 26.3. The number of hydrogen-bond acceptors (Lipinski definition) is 6. The van der Waals surface area contributed by atoms with Crippen LogP contribution in [0.3, 0.4) is 0 Å². The first-order valence-electron chi connectivity index (χ1n) is 15.4. The number of carbonyl (C=O) groups excluding carboxylic acids is 1. The van der Waals surface area contributed by atoms with Crippen LogP contribution in [0.5, 0.6) is 5.88 Å². The molecule has 1 amide bonds. The molecule has 0 spiro atoms. The Kier molecular flexibility index (Phi) is 11.0. The highest BCUT2D eigenvalue weighted by Gasteiger charge is 2.32. The van der Waals surface area contributed by atoms with Crippen LogP contribution < -0.4 is 10.1 Å². The van der Waals surface area contributed by atoms with Crippen molar-refractivity contribution < 1.29 is 31.8 Å². The number of rotatable bonds is 12. The van der Waals surface area contributed by atoms with Crippen molar-refractivity contribution in [3.05, 3.63) is 102 Å². The lowest BCUT2D eigenvalue weighted by Crippen LogP contribution is -2.22. The Morgan fingerprint density at radius 1 is 1.09 bits per heavy atom. The van der Waals surface area contributed by atoms with E-state index in [1.807, 2.05) is 0 Å². The molecule has 1 N–H and O–H groups in total. The first-order valence-corrected chi connectivity index (χ1v) is 15.4. The summed E-state index contributed by atoms with van der Waals surface area (Å²) in [5.74, 6) is -0.538. The molecule has 2 aromatic carbocycles. The van der Waals surface area contributed by atoms with Crippen LogP contribution in [0.4, 0.5) is 17.6 Å². The predicted octanol–water partition coefficient (Wildman–Crippen LogP) is 6.79. The van der Waals surface area contributed by atoms with Gasteiger partial charge in [-0.2, -0.15) is 17.6 Å². The minimum atomic E-state index is -4.52. The summed E-state index contributed by atoms with van der Waals surface area (Å²) in [4.78, 5) is 17.5. The Morgan fingerprint density at radius 3 is 2.55 bits per heavy atom. The van der Waals surface area contributed by atoms with Gasteiger partial charge in [0.15, 0.2) is 6.23 Å². The van der Waals surface area contributed by atoms with Gasteiger partial charge in [0.05, 0.1) is 17.3 Å². The van der Waals surface area contributed by atoms with E-state index in [1.165, 1.54) is 21.9 Å². The number of pyridine rings is 1. The summed E-state index contributed by atoms with van der Waals surface area (Å²) in [7, 11) is 3.34. The van der Waals surface area contributed by atoms with Crippen LogP contribution in [0, 0.1) is 5.95 Å². The second kappa shape index (κ2) is 15.4. The first kappa shape index (κ1) is 33.8. The van der Waals surface area contributed by atoms with Crippen molar-refractivity contribution in [2.24, 2.45) is 0 Å². The lowest BCUT2D eigenvalue weighted by molar-refractivity contribution is -0.124. The summed E-state index contributed by atoms with van der Waals surface area (Å²) in [6, 6.07) is 16.5. The van der Waals surface area contributed by atoms with Crippen LogP contribution >= 0.6 is 0 Å². The van der Waals surface area contributed by atoms with Gasteiger partial charge < -0.3 is 19.7 Å². The third-order valence-electron chi connectivity index (χ3n) is 7.70. The smallest absolute Gasteiger partial charge is 0.393 e. The zero-order chi connectivity index (χ0) is 33.4. The average Bonchev–Trinajstić information content (AvgIpc) is 3.40. The van der Waals surface area contributed by atoms with Crippen LogP contribution in [0.1, 0.15) is 48.6 Å². The molecule has 4 aromatic rings. The molecule has 2 aromatic heterocycles. The summed E-state index contributed by atoms with van der Waals surface area (Å²) < 4.78 is 70.7. The molecule has 0 aliphatic carbocycles. The van der Waals surface area contributed by atoms with Gasteiger partial charge in [0.2, 0.25) is 17.7 Å². The van der Waals surface area contributed by atoms with Crippen molar-refractivity contribution in [2.75, 3.05) is 40.4 Å². The maximum absolute atomic E-state index is 15.3. The van der Waals surface area contributed by atoms with Crippen molar-refractivity contribution in [1.82, 2.24) is 25.0 Å². The number of alkyl halides is 3. The Hall–Kier alpha value is -4.55. The predicted molar refractivity (Wildman–Crippen MR) is 172 cm³/mol. The van der Waals surface area contributed by atoms with Gasteiger partial charge >= 0.3 is 6.18 Å². The standard InChI is InChI=1S/C35H37F4N5O3/c1-43(2)31(45)11-8-17-40-18-20-46-30-16-14-26(23-41-30)33(28(22-35(37,38)39)24-9-4-3-5-10-24)25-13-15-29-27(21-25)34(36)42-44(29)32-12-6-7-19-47-32/h3-5,8-11,13-16,21,23,32,40H,6-7,12,17-20,22H2,1-2H3/b11-8+,33-28-. The highest BCUT2D eigenvalue weighted by molar-refractivity contribution is 6.00. The summed E-state index contributed by atoms with van der Waals surface area (Å²) in [5, 5.41) is 7.42. The number of fused-ring (bicyclic) bond motifs is 1. The fourth-order valence-electron chi connectivity index (χ4n) is 5.42. The third-order valence-corrected chi connectivity index (χ3v) is 7.70. The molecule has 0 saturated carbocycles. The summed E-state index contributed by atoms with van der Waals surface area (Å²) in [5.41, 5.74) is 2.00. The minimum Gasteiger partial charge on any atom is -0.476 e. The monoisotopic (exact) mass is 651 g/mol. The highest BCUT2D eigenvalue weighted by atomic mass is 19.4. The summed E-state index contributed by atoms with van der Waals surface area (Å²) >= 11 is 0. The van der Waals surface area contributed by atoms with Gasteiger partial charge in [-0.25, -0.2) is 9.67 Å². The van der Waals surface area contributed by atoms with E-state index in [0.29, 0.717) is 54.2 Å². The fraction of sp³-hybridized carbons (Fsp3) is 0.343. The van der Waals surface area contributed by atoms with E-state index in [9.17, 15) is 18.0 Å². The maximum atomic E-state index is 15.3. The molecule has 5 rings (SSSR count). The maximum Gasteiger partial charge on any atom is 0.393 e.